The van der Waals surface area contributed by atoms with Crippen molar-refractivity contribution in [2.45, 2.75) is 57.2 Å². The van der Waals surface area contributed by atoms with Gasteiger partial charge >= 0.3 is 5.69 Å². The fourth-order valence-electron chi connectivity index (χ4n) is 5.36. The summed E-state index contributed by atoms with van der Waals surface area (Å²) in [4.78, 5) is 20.3. The second kappa shape index (κ2) is 14.3. The lowest BCUT2D eigenvalue weighted by atomic mass is 10.00. The molecule has 0 saturated heterocycles. The highest BCUT2D eigenvalue weighted by Gasteiger charge is 2.27. The van der Waals surface area contributed by atoms with Crippen molar-refractivity contribution >= 4 is 28.5 Å². The Bertz CT molecular complexity index is 1680. The van der Waals surface area contributed by atoms with Gasteiger partial charge in [0.2, 0.25) is 0 Å². The Balaban J connectivity index is 1.28. The first kappa shape index (κ1) is 31.6. The van der Waals surface area contributed by atoms with Crippen molar-refractivity contribution in [3.8, 4) is 16.9 Å². The number of hydrogen-bond donors (Lipinski definition) is 5. The molecule has 0 radical (unpaired) electrons. The minimum atomic E-state index is -0.812. The summed E-state index contributed by atoms with van der Waals surface area (Å²) in [6, 6.07) is 13.0. The molecule has 1 saturated carbocycles. The van der Waals surface area contributed by atoms with Crippen molar-refractivity contribution in [3.05, 3.63) is 93.8 Å². The number of halogens is 3. The third-order valence-corrected chi connectivity index (χ3v) is 8.39. The quantitative estimate of drug-likeness (QED) is 0.0652. The number of nitrogens with one attached hydrogen (secondary N) is 4. The molecule has 0 aliphatic heterocycles. The summed E-state index contributed by atoms with van der Waals surface area (Å²) in [6.07, 6.45) is 9.13. The Hall–Kier alpha value is -3.86. The number of hydrogen-bond acceptors (Lipinski definition) is 5. The minimum Gasteiger partial charge on any atom is -0.372 e. The third-order valence-electron chi connectivity index (χ3n) is 8.11. The first-order valence-corrected chi connectivity index (χ1v) is 15.3. The largest absolute Gasteiger partial charge is 0.372 e. The van der Waals surface area contributed by atoms with Crippen LogP contribution in [0.25, 0.3) is 28.0 Å². The molecule has 1 aliphatic carbocycles. The molecule has 6 N–H and O–H groups in total. The summed E-state index contributed by atoms with van der Waals surface area (Å²) in [7, 11) is 0. The van der Waals surface area contributed by atoms with Crippen molar-refractivity contribution in [1.82, 2.24) is 25.2 Å². The smallest absolute Gasteiger partial charge is 0.354 e. The van der Waals surface area contributed by atoms with E-state index in [-0.39, 0.29) is 22.9 Å². The van der Waals surface area contributed by atoms with Crippen molar-refractivity contribution < 1.29 is 8.78 Å². The number of rotatable bonds is 15. The molecule has 0 spiro atoms. The lowest BCUT2D eigenvalue weighted by molar-refractivity contribution is 0.528. The van der Waals surface area contributed by atoms with Gasteiger partial charge in [-0.1, -0.05) is 29.8 Å². The highest BCUT2D eigenvalue weighted by Crippen LogP contribution is 2.34. The molecule has 0 unspecified atom stereocenters. The second-order valence-electron chi connectivity index (χ2n) is 11.4. The zero-order valence-electron chi connectivity index (χ0n) is 24.5. The molecular formula is C33H38ClF2N7O. The average molecular weight is 622 g/mol. The van der Waals surface area contributed by atoms with Gasteiger partial charge in [0.05, 0.1) is 16.4 Å². The number of aryl methyl sites for hydroxylation is 1. The molecular weight excluding hydrogens is 584 g/mol. The van der Waals surface area contributed by atoms with Crippen LogP contribution < -0.4 is 22.1 Å². The molecule has 1 aliphatic rings. The number of nitrogens with zero attached hydrogens (tertiary/aromatic N) is 2. The van der Waals surface area contributed by atoms with Crippen molar-refractivity contribution in [2.75, 3.05) is 13.2 Å². The summed E-state index contributed by atoms with van der Waals surface area (Å²) in [5.74, 6) is -0.0136. The van der Waals surface area contributed by atoms with Gasteiger partial charge in [-0.2, -0.15) is 4.98 Å². The molecule has 2 aromatic carbocycles. The van der Waals surface area contributed by atoms with Gasteiger partial charge < -0.3 is 21.4 Å². The Morgan fingerprint density at radius 2 is 2.00 bits per heavy atom. The number of nitrogens with two attached hydrogens (primary N) is 1. The molecule has 8 nitrogen and oxygen atoms in total. The molecule has 0 bridgehead atoms. The van der Waals surface area contributed by atoms with Crippen LogP contribution >= 0.6 is 11.6 Å². The highest BCUT2D eigenvalue weighted by atomic mass is 35.5. The molecule has 2 aromatic heterocycles. The predicted molar refractivity (Wildman–Crippen MR) is 173 cm³/mol. The van der Waals surface area contributed by atoms with Crippen LogP contribution in [0.5, 0.6) is 0 Å². The molecule has 11 heteroatoms. The first-order chi connectivity index (χ1) is 21.2. The summed E-state index contributed by atoms with van der Waals surface area (Å²) >= 11 is 6.28. The van der Waals surface area contributed by atoms with Crippen molar-refractivity contribution in [2.24, 2.45) is 11.7 Å². The molecule has 0 amide bonds. The van der Waals surface area contributed by atoms with Crippen LogP contribution in [0.15, 0.2) is 66.1 Å². The summed E-state index contributed by atoms with van der Waals surface area (Å²) in [6.45, 7) is 4.05. The highest BCUT2D eigenvalue weighted by molar-refractivity contribution is 6.31. The average Bonchev–Trinajstić information content (AvgIpc) is 3.80. The van der Waals surface area contributed by atoms with Crippen LogP contribution in [-0.2, 0) is 13.0 Å². The Kier molecular flexibility index (Phi) is 10.2. The summed E-state index contributed by atoms with van der Waals surface area (Å²) in [5, 5.41) is 14.2. The van der Waals surface area contributed by atoms with Gasteiger partial charge in [0.1, 0.15) is 18.2 Å². The molecule has 1 fully saturated rings. The summed E-state index contributed by atoms with van der Waals surface area (Å²) in [5.41, 5.74) is 9.55. The van der Waals surface area contributed by atoms with Gasteiger partial charge in [0, 0.05) is 42.3 Å². The number of benzene rings is 2. The zero-order chi connectivity index (χ0) is 31.2. The number of H-pyrrole nitrogens is 1. The SMILES string of the molecule is C=C[C@@H](CCNC(=N)CF)NCc1ccc(-n2cc3cc(-c4cc(CCC[C@@H](N)C5CC5)cc(Cl)c4F)[nH]c3nc2=O)cc1. The monoisotopic (exact) mass is 621 g/mol. The fourth-order valence-corrected chi connectivity index (χ4v) is 5.61. The predicted octanol–water partition coefficient (Wildman–Crippen LogP) is 5.80. The van der Waals surface area contributed by atoms with E-state index in [2.05, 4.69) is 27.2 Å². The maximum absolute atomic E-state index is 15.2. The standard InChI is InChI=1S/C33H38ClF2N7O/c1-2-24(12-13-39-30(38)17-35)40-18-20-6-10-25(11-7-20)43-19-23-16-29(41-32(23)42-33(43)44)26-14-21(15-27(34)31(26)36)4-3-5-28(37)22-8-9-22/h2,6-7,10-11,14-16,19,22,24,28,40H,1,3-5,8-9,12-13,17-18,37H2,(H2,38,39)(H,41,42,44)/t24-,28+/m0/s1. The summed E-state index contributed by atoms with van der Waals surface area (Å²) < 4.78 is 29.1. The second-order valence-corrected chi connectivity index (χ2v) is 11.8. The fraction of sp³-hybridized carbons (Fsp3) is 0.364. The van der Waals surface area contributed by atoms with Crippen LogP contribution in [0.1, 0.15) is 43.2 Å². The van der Waals surface area contributed by atoms with Crippen molar-refractivity contribution in [3.63, 3.8) is 0 Å². The number of aromatic nitrogens is 3. The number of alkyl halides is 1. The lowest BCUT2D eigenvalue weighted by Crippen LogP contribution is -2.33. The van der Waals surface area contributed by atoms with E-state index in [0.717, 1.165) is 30.4 Å². The van der Waals surface area contributed by atoms with Gasteiger partial charge in [-0.25, -0.2) is 13.6 Å². The maximum Gasteiger partial charge on any atom is 0.354 e. The normalized spacial score (nSPS) is 14.5. The van der Waals surface area contributed by atoms with Gasteiger partial charge in [0.15, 0.2) is 5.82 Å². The molecule has 232 valence electrons. The topological polar surface area (TPSA) is 125 Å². The van der Waals surface area contributed by atoms with Gasteiger partial charge in [-0.3, -0.25) is 9.98 Å². The van der Waals surface area contributed by atoms with E-state index in [0.29, 0.717) is 53.4 Å². The molecule has 2 heterocycles. The van der Waals surface area contributed by atoms with E-state index in [1.165, 1.54) is 17.4 Å². The van der Waals surface area contributed by atoms with Crippen LogP contribution in [-0.4, -0.2) is 45.7 Å². The Morgan fingerprint density at radius 3 is 2.70 bits per heavy atom. The first-order valence-electron chi connectivity index (χ1n) is 14.9. The third kappa shape index (κ3) is 7.80. The van der Waals surface area contributed by atoms with E-state index in [9.17, 15) is 9.18 Å². The van der Waals surface area contributed by atoms with Crippen LogP contribution in [0.3, 0.4) is 0 Å². The van der Waals surface area contributed by atoms with E-state index in [1.54, 1.807) is 30.5 Å². The Labute approximate surface area is 260 Å². The number of amidine groups is 1. The van der Waals surface area contributed by atoms with Crippen LogP contribution in [0.2, 0.25) is 5.02 Å². The molecule has 2 atom stereocenters. The number of aromatic amines is 1. The minimum absolute atomic E-state index is 0.0161. The number of fused-ring (bicyclic) bond motifs is 1. The van der Waals surface area contributed by atoms with E-state index < -0.39 is 18.2 Å². The van der Waals surface area contributed by atoms with E-state index >= 15 is 4.39 Å². The van der Waals surface area contributed by atoms with Gasteiger partial charge in [-0.15, -0.1) is 6.58 Å². The van der Waals surface area contributed by atoms with E-state index in [1.807, 2.05) is 24.3 Å². The van der Waals surface area contributed by atoms with Gasteiger partial charge in [0.25, 0.3) is 0 Å². The lowest BCUT2D eigenvalue weighted by Gasteiger charge is -2.16. The molecule has 5 rings (SSSR count). The van der Waals surface area contributed by atoms with Crippen molar-refractivity contribution in [1.29, 1.82) is 5.41 Å². The van der Waals surface area contributed by atoms with Crippen LogP contribution in [0.4, 0.5) is 8.78 Å². The van der Waals surface area contributed by atoms with E-state index in [4.69, 9.17) is 22.7 Å². The van der Waals surface area contributed by atoms with Gasteiger partial charge in [-0.05, 0) is 85.9 Å². The zero-order valence-corrected chi connectivity index (χ0v) is 25.3. The van der Waals surface area contributed by atoms with Crippen LogP contribution in [0, 0.1) is 17.1 Å². The maximum atomic E-state index is 15.2. The Morgan fingerprint density at radius 1 is 1.23 bits per heavy atom. The molecule has 44 heavy (non-hydrogen) atoms. The molecule has 4 aromatic rings.